The Bertz CT molecular complexity index is 1290. The summed E-state index contributed by atoms with van der Waals surface area (Å²) in [5.41, 5.74) is 1.60. The lowest BCUT2D eigenvalue weighted by Gasteiger charge is -2.23. The van der Waals surface area contributed by atoms with Crippen LogP contribution in [0.4, 0.5) is 0 Å². The number of carbonyl (C=O) groups is 1. The zero-order valence-corrected chi connectivity index (χ0v) is 18.1. The highest BCUT2D eigenvalue weighted by molar-refractivity contribution is 7.10. The van der Waals surface area contributed by atoms with Gasteiger partial charge in [-0.3, -0.25) is 9.36 Å². The third-order valence-corrected chi connectivity index (χ3v) is 6.62. The van der Waals surface area contributed by atoms with Crippen molar-refractivity contribution in [2.24, 2.45) is 4.99 Å². The minimum Gasteiger partial charge on any atom is -0.463 e. The molecule has 3 aromatic rings. The molecule has 0 bridgehead atoms. The second kappa shape index (κ2) is 8.10. The van der Waals surface area contributed by atoms with E-state index in [1.807, 2.05) is 29.6 Å². The Morgan fingerprint density at radius 2 is 2.17 bits per heavy atom. The average Bonchev–Trinajstić information content (AvgIpc) is 3.30. The van der Waals surface area contributed by atoms with E-state index in [4.69, 9.17) is 16.3 Å². The van der Waals surface area contributed by atoms with Gasteiger partial charge in [0.1, 0.15) is 6.04 Å². The molecule has 0 saturated carbocycles. The van der Waals surface area contributed by atoms with Crippen LogP contribution < -0.4 is 14.9 Å². The Balaban J connectivity index is 1.94. The van der Waals surface area contributed by atoms with Crippen LogP contribution in [0.5, 0.6) is 0 Å². The number of ether oxygens (including phenoxy) is 1. The van der Waals surface area contributed by atoms with Crippen LogP contribution in [0.2, 0.25) is 5.02 Å². The van der Waals surface area contributed by atoms with Crippen LogP contribution in [0.15, 0.2) is 62.8 Å². The predicted octanol–water partition coefficient (Wildman–Crippen LogP) is 3.51. The molecule has 148 valence electrons. The number of hydrogen-bond acceptors (Lipinski definition) is 6. The predicted molar refractivity (Wildman–Crippen MR) is 116 cm³/mol. The molecule has 5 nitrogen and oxygen atoms in total. The number of fused-ring (bicyclic) bond motifs is 1. The normalized spacial score (nSPS) is 16.5. The number of thiazole rings is 1. The van der Waals surface area contributed by atoms with E-state index in [-0.39, 0.29) is 12.2 Å². The van der Waals surface area contributed by atoms with Crippen molar-refractivity contribution in [1.82, 2.24) is 4.57 Å². The molecule has 1 aliphatic heterocycles. The monoisotopic (exact) mass is 444 g/mol. The SMILES string of the molecule is CCOC(=O)C1=C(C)N=c2s/c(=C/c3cccc(Cl)c3)c(=O)n2[C@@H]1c1cccs1. The van der Waals surface area contributed by atoms with Gasteiger partial charge < -0.3 is 4.74 Å². The molecule has 0 saturated heterocycles. The molecule has 0 fully saturated rings. The molecule has 0 aliphatic carbocycles. The van der Waals surface area contributed by atoms with E-state index in [0.717, 1.165) is 10.4 Å². The van der Waals surface area contributed by atoms with Crippen LogP contribution in [-0.2, 0) is 9.53 Å². The zero-order chi connectivity index (χ0) is 20.5. The molecule has 0 amide bonds. The number of esters is 1. The molecule has 0 spiro atoms. The molecule has 2 aromatic heterocycles. The number of hydrogen-bond donors (Lipinski definition) is 0. The molecule has 0 radical (unpaired) electrons. The second-order valence-corrected chi connectivity index (χ2v) is 8.80. The third-order valence-electron chi connectivity index (χ3n) is 4.48. The van der Waals surface area contributed by atoms with Gasteiger partial charge in [0.25, 0.3) is 5.56 Å². The van der Waals surface area contributed by atoms with Crippen molar-refractivity contribution in [2.75, 3.05) is 6.61 Å². The molecule has 3 heterocycles. The smallest absolute Gasteiger partial charge is 0.338 e. The topological polar surface area (TPSA) is 60.7 Å². The van der Waals surface area contributed by atoms with Crippen LogP contribution in [0.25, 0.3) is 6.08 Å². The summed E-state index contributed by atoms with van der Waals surface area (Å²) in [5, 5.41) is 2.53. The summed E-state index contributed by atoms with van der Waals surface area (Å²) in [7, 11) is 0. The minimum atomic E-state index is -0.549. The maximum Gasteiger partial charge on any atom is 0.338 e. The fourth-order valence-electron chi connectivity index (χ4n) is 3.26. The number of benzene rings is 1. The molecule has 29 heavy (non-hydrogen) atoms. The van der Waals surface area contributed by atoms with Crippen LogP contribution in [-0.4, -0.2) is 17.1 Å². The van der Waals surface area contributed by atoms with Crippen LogP contribution in [0.1, 0.15) is 30.3 Å². The molecule has 1 aromatic carbocycles. The van der Waals surface area contributed by atoms with Crippen LogP contribution in [0, 0.1) is 0 Å². The summed E-state index contributed by atoms with van der Waals surface area (Å²) < 4.78 is 7.39. The Morgan fingerprint density at radius 3 is 2.86 bits per heavy atom. The molecule has 8 heteroatoms. The Hall–Kier alpha value is -2.48. The zero-order valence-electron chi connectivity index (χ0n) is 15.7. The van der Waals surface area contributed by atoms with Gasteiger partial charge in [-0.2, -0.15) is 0 Å². The summed E-state index contributed by atoms with van der Waals surface area (Å²) in [6.45, 7) is 3.79. The van der Waals surface area contributed by atoms with Crippen molar-refractivity contribution < 1.29 is 9.53 Å². The summed E-state index contributed by atoms with van der Waals surface area (Å²) in [4.78, 5) is 32.0. The average molecular weight is 445 g/mol. The van der Waals surface area contributed by atoms with Crippen LogP contribution in [0.3, 0.4) is 0 Å². The van der Waals surface area contributed by atoms with Gasteiger partial charge >= 0.3 is 5.97 Å². The first-order valence-corrected chi connectivity index (χ1v) is 11.1. The van der Waals surface area contributed by atoms with Gasteiger partial charge in [-0.15, -0.1) is 11.3 Å². The molecule has 1 atom stereocenters. The van der Waals surface area contributed by atoms with Crippen molar-refractivity contribution in [2.45, 2.75) is 19.9 Å². The van der Waals surface area contributed by atoms with E-state index in [2.05, 4.69) is 4.99 Å². The number of rotatable bonds is 4. The van der Waals surface area contributed by atoms with E-state index in [9.17, 15) is 9.59 Å². The Labute approximate surface area is 179 Å². The first kappa shape index (κ1) is 19.8. The highest BCUT2D eigenvalue weighted by Crippen LogP contribution is 2.33. The lowest BCUT2D eigenvalue weighted by molar-refractivity contribution is -0.139. The fourth-order valence-corrected chi connectivity index (χ4v) is 5.32. The van der Waals surface area contributed by atoms with Crippen molar-refractivity contribution in [3.8, 4) is 0 Å². The van der Waals surface area contributed by atoms with Gasteiger partial charge in [-0.25, -0.2) is 9.79 Å². The molecule has 4 rings (SSSR count). The summed E-state index contributed by atoms with van der Waals surface area (Å²) in [6.07, 6.45) is 1.80. The highest BCUT2D eigenvalue weighted by Gasteiger charge is 2.33. The lowest BCUT2D eigenvalue weighted by Crippen LogP contribution is -2.39. The first-order chi connectivity index (χ1) is 14.0. The lowest BCUT2D eigenvalue weighted by atomic mass is 10.0. The highest BCUT2D eigenvalue weighted by atomic mass is 35.5. The maximum absolute atomic E-state index is 13.3. The van der Waals surface area contributed by atoms with Gasteiger partial charge in [0.2, 0.25) is 0 Å². The maximum atomic E-state index is 13.3. The third kappa shape index (κ3) is 3.73. The first-order valence-electron chi connectivity index (χ1n) is 8.98. The number of aromatic nitrogens is 1. The van der Waals surface area contributed by atoms with E-state index in [1.54, 1.807) is 36.6 Å². The van der Waals surface area contributed by atoms with Crippen molar-refractivity contribution >= 4 is 46.3 Å². The van der Waals surface area contributed by atoms with Gasteiger partial charge in [0, 0.05) is 9.90 Å². The summed E-state index contributed by atoms with van der Waals surface area (Å²) in [6, 6.07) is 10.6. The number of nitrogens with zero attached hydrogens (tertiary/aromatic N) is 2. The van der Waals surface area contributed by atoms with Gasteiger partial charge in [-0.1, -0.05) is 41.1 Å². The van der Waals surface area contributed by atoms with Gasteiger partial charge in [-0.05, 0) is 49.1 Å². The number of halogens is 1. The standard InChI is InChI=1S/C21H17ClN2O3S2/c1-3-27-20(26)17-12(2)23-21-24(18(17)15-8-5-9-28-15)19(25)16(29-21)11-13-6-4-7-14(22)10-13/h4-11,18H,3H2,1-2H3/b16-11+/t18-/m1/s1. The fraction of sp³-hybridized carbons (Fsp3) is 0.190. The van der Waals surface area contributed by atoms with E-state index in [0.29, 0.717) is 25.6 Å². The number of carbonyl (C=O) groups excluding carboxylic acids is 1. The largest absolute Gasteiger partial charge is 0.463 e. The van der Waals surface area contributed by atoms with Gasteiger partial charge in [0.05, 0.1) is 22.4 Å². The number of allylic oxidation sites excluding steroid dienone is 1. The molecule has 1 aliphatic rings. The summed E-state index contributed by atoms with van der Waals surface area (Å²) >= 11 is 8.86. The van der Waals surface area contributed by atoms with Crippen molar-refractivity contribution in [3.05, 3.63) is 88.2 Å². The van der Waals surface area contributed by atoms with Crippen molar-refractivity contribution in [1.29, 1.82) is 0 Å². The quantitative estimate of drug-likeness (QED) is 0.578. The van der Waals surface area contributed by atoms with Crippen molar-refractivity contribution in [3.63, 3.8) is 0 Å². The van der Waals surface area contributed by atoms with Crippen LogP contribution >= 0.6 is 34.3 Å². The number of thiophene rings is 1. The second-order valence-electron chi connectivity index (χ2n) is 6.37. The molecule has 0 unspecified atom stereocenters. The molecular formula is C21H17ClN2O3S2. The summed E-state index contributed by atoms with van der Waals surface area (Å²) in [5.74, 6) is -0.448. The minimum absolute atomic E-state index is 0.193. The van der Waals surface area contributed by atoms with E-state index >= 15 is 0 Å². The van der Waals surface area contributed by atoms with E-state index in [1.165, 1.54) is 22.7 Å². The van der Waals surface area contributed by atoms with E-state index < -0.39 is 12.0 Å². The van der Waals surface area contributed by atoms with Gasteiger partial charge in [0.15, 0.2) is 4.80 Å². The Morgan fingerprint density at radius 1 is 1.34 bits per heavy atom. The Kier molecular flexibility index (Phi) is 5.54. The molecule has 0 N–H and O–H groups in total. The molecular weight excluding hydrogens is 428 g/mol.